The Balaban J connectivity index is 2.04. The molecule has 0 spiro atoms. The number of hydrogen-bond acceptors (Lipinski definition) is 4. The van der Waals surface area contributed by atoms with Gasteiger partial charge in [0.2, 0.25) is 0 Å². The normalized spacial score (nSPS) is 21.4. The summed E-state index contributed by atoms with van der Waals surface area (Å²) in [6, 6.07) is 3.40. The number of rotatable bonds is 3. The summed E-state index contributed by atoms with van der Waals surface area (Å²) in [6.45, 7) is 2.91. The molecule has 20 heavy (non-hydrogen) atoms. The number of anilines is 1. The monoisotopic (exact) mass is 280 g/mol. The fraction of sp³-hybridized carbons (Fsp3) is 0.385. The van der Waals surface area contributed by atoms with Crippen molar-refractivity contribution in [1.82, 2.24) is 5.32 Å². The molecule has 1 atom stereocenters. The summed E-state index contributed by atoms with van der Waals surface area (Å²) in [4.78, 5) is 22.7. The van der Waals surface area contributed by atoms with Gasteiger partial charge >= 0.3 is 12.0 Å². The van der Waals surface area contributed by atoms with E-state index in [-0.39, 0.29) is 11.3 Å². The van der Waals surface area contributed by atoms with Gasteiger partial charge in [-0.2, -0.15) is 0 Å². The molecule has 0 aromatic heterocycles. The van der Waals surface area contributed by atoms with Gasteiger partial charge in [-0.15, -0.1) is 0 Å². The third-order valence-corrected chi connectivity index (χ3v) is 3.12. The third kappa shape index (κ3) is 3.18. The Bertz CT molecular complexity index is 538. The molecule has 0 aliphatic carbocycles. The second-order valence-electron chi connectivity index (χ2n) is 4.98. The average molecular weight is 280 g/mol. The molecule has 4 N–H and O–H groups in total. The summed E-state index contributed by atoms with van der Waals surface area (Å²) in [6.07, 6.45) is 0.719. The van der Waals surface area contributed by atoms with E-state index >= 15 is 0 Å². The first-order valence-corrected chi connectivity index (χ1v) is 6.13. The molecule has 2 amide bonds. The number of benzene rings is 1. The largest absolute Gasteiger partial charge is 0.507 e. The van der Waals surface area contributed by atoms with Crippen LogP contribution in [0.15, 0.2) is 18.2 Å². The van der Waals surface area contributed by atoms with Gasteiger partial charge in [-0.1, -0.05) is 0 Å². The average Bonchev–Trinajstić information content (AvgIpc) is 2.77. The molecule has 0 radical (unpaired) electrons. The fourth-order valence-electron chi connectivity index (χ4n) is 1.99. The maximum absolute atomic E-state index is 11.9. The molecule has 7 nitrogen and oxygen atoms in total. The van der Waals surface area contributed by atoms with Crippen LogP contribution in [0.5, 0.6) is 5.75 Å². The zero-order chi connectivity index (χ0) is 14.8. The van der Waals surface area contributed by atoms with E-state index in [9.17, 15) is 14.7 Å². The van der Waals surface area contributed by atoms with Crippen LogP contribution in [0.1, 0.15) is 23.7 Å². The van der Waals surface area contributed by atoms with E-state index in [1.165, 1.54) is 18.2 Å². The highest BCUT2D eigenvalue weighted by atomic mass is 16.5. The molecule has 1 aromatic rings. The quantitative estimate of drug-likeness (QED) is 0.626. The molecule has 1 aliphatic rings. The van der Waals surface area contributed by atoms with Crippen molar-refractivity contribution in [2.75, 3.05) is 18.5 Å². The number of aromatic hydroxyl groups is 1. The predicted molar refractivity (Wildman–Crippen MR) is 71.1 cm³/mol. The van der Waals surface area contributed by atoms with Crippen LogP contribution in [0.3, 0.4) is 0 Å². The minimum atomic E-state index is -1.26. The molecular formula is C13H16N2O5. The highest BCUT2D eigenvalue weighted by molar-refractivity contribution is 5.95. The van der Waals surface area contributed by atoms with Crippen molar-refractivity contribution >= 4 is 17.7 Å². The molecule has 2 rings (SSSR count). The van der Waals surface area contributed by atoms with Gasteiger partial charge in [0.25, 0.3) is 0 Å². The SMILES string of the molecule is CC1(NC(=O)Nc2ccc(O)c(C(=O)O)c2)CCOC1. The molecule has 1 fully saturated rings. The van der Waals surface area contributed by atoms with Crippen LogP contribution < -0.4 is 10.6 Å². The van der Waals surface area contributed by atoms with Gasteiger partial charge in [-0.25, -0.2) is 9.59 Å². The van der Waals surface area contributed by atoms with Crippen LogP contribution >= 0.6 is 0 Å². The summed E-state index contributed by atoms with van der Waals surface area (Å²) in [7, 11) is 0. The molecule has 7 heteroatoms. The Morgan fingerprint density at radius 2 is 2.15 bits per heavy atom. The Hall–Kier alpha value is -2.28. The molecule has 108 valence electrons. The smallest absolute Gasteiger partial charge is 0.339 e. The van der Waals surface area contributed by atoms with E-state index < -0.39 is 17.5 Å². The van der Waals surface area contributed by atoms with Gasteiger partial charge < -0.3 is 25.6 Å². The fourth-order valence-corrected chi connectivity index (χ4v) is 1.99. The van der Waals surface area contributed by atoms with Crippen molar-refractivity contribution in [3.05, 3.63) is 23.8 Å². The van der Waals surface area contributed by atoms with Gasteiger partial charge in [0, 0.05) is 12.3 Å². The summed E-state index contributed by atoms with van der Waals surface area (Å²) in [5.41, 5.74) is -0.394. The minimum absolute atomic E-state index is 0.266. The molecule has 0 saturated carbocycles. The standard InChI is InChI=1S/C13H16N2O5/c1-13(4-5-20-7-13)15-12(19)14-8-2-3-10(16)9(6-8)11(17)18/h2-3,6,16H,4-5,7H2,1H3,(H,17,18)(H2,14,15,19). The summed E-state index contributed by atoms with van der Waals surface area (Å²) in [5, 5.41) is 23.6. The number of carboxylic acid groups (broad SMARTS) is 1. The van der Waals surface area contributed by atoms with Crippen LogP contribution in [0.25, 0.3) is 0 Å². The van der Waals surface area contributed by atoms with E-state index in [0.29, 0.717) is 18.9 Å². The number of ether oxygens (including phenoxy) is 1. The van der Waals surface area contributed by atoms with Crippen LogP contribution in [0.4, 0.5) is 10.5 Å². The van der Waals surface area contributed by atoms with Crippen molar-refractivity contribution in [1.29, 1.82) is 0 Å². The lowest BCUT2D eigenvalue weighted by atomic mass is 10.0. The van der Waals surface area contributed by atoms with Gasteiger partial charge in [-0.3, -0.25) is 0 Å². The number of amides is 2. The number of nitrogens with one attached hydrogen (secondary N) is 2. The molecule has 1 saturated heterocycles. The van der Waals surface area contributed by atoms with Gasteiger partial charge in [-0.05, 0) is 31.5 Å². The Morgan fingerprint density at radius 1 is 1.40 bits per heavy atom. The molecular weight excluding hydrogens is 264 g/mol. The minimum Gasteiger partial charge on any atom is -0.507 e. The zero-order valence-electron chi connectivity index (χ0n) is 11.0. The number of carbonyl (C=O) groups is 2. The van der Waals surface area contributed by atoms with Crippen LogP contribution in [-0.4, -0.2) is 41.0 Å². The lowest BCUT2D eigenvalue weighted by molar-refractivity contribution is 0.0693. The van der Waals surface area contributed by atoms with Crippen molar-refractivity contribution in [2.24, 2.45) is 0 Å². The van der Waals surface area contributed by atoms with Gasteiger partial charge in [0.1, 0.15) is 11.3 Å². The summed E-state index contributed by atoms with van der Waals surface area (Å²) >= 11 is 0. The Kier molecular flexibility index (Phi) is 3.80. The van der Waals surface area contributed by atoms with E-state index in [1.807, 2.05) is 6.92 Å². The topological polar surface area (TPSA) is 108 Å². The van der Waals surface area contributed by atoms with Crippen LogP contribution in [0, 0.1) is 0 Å². The molecule has 0 bridgehead atoms. The first-order valence-electron chi connectivity index (χ1n) is 6.13. The molecule has 1 aliphatic heterocycles. The van der Waals surface area contributed by atoms with E-state index in [2.05, 4.69) is 10.6 Å². The van der Waals surface area contributed by atoms with E-state index in [4.69, 9.17) is 9.84 Å². The number of phenols is 1. The van der Waals surface area contributed by atoms with Crippen molar-refractivity contribution in [3.63, 3.8) is 0 Å². The number of aromatic carboxylic acids is 1. The Labute approximate surface area is 115 Å². The second-order valence-corrected chi connectivity index (χ2v) is 4.98. The Morgan fingerprint density at radius 3 is 2.75 bits per heavy atom. The van der Waals surface area contributed by atoms with Crippen molar-refractivity contribution in [2.45, 2.75) is 18.9 Å². The maximum Gasteiger partial charge on any atom is 0.339 e. The van der Waals surface area contributed by atoms with Crippen molar-refractivity contribution in [3.8, 4) is 5.75 Å². The molecule has 1 aromatic carbocycles. The van der Waals surface area contributed by atoms with Crippen molar-refractivity contribution < 1.29 is 24.5 Å². The number of urea groups is 1. The first-order chi connectivity index (χ1) is 9.39. The second kappa shape index (κ2) is 5.38. The zero-order valence-corrected chi connectivity index (χ0v) is 11.0. The highest BCUT2D eigenvalue weighted by Crippen LogP contribution is 2.22. The third-order valence-electron chi connectivity index (χ3n) is 3.12. The van der Waals surface area contributed by atoms with Crippen LogP contribution in [-0.2, 0) is 4.74 Å². The maximum atomic E-state index is 11.9. The van der Waals surface area contributed by atoms with E-state index in [1.54, 1.807) is 0 Å². The first kappa shape index (κ1) is 14.1. The highest BCUT2D eigenvalue weighted by Gasteiger charge is 2.31. The molecule has 1 heterocycles. The van der Waals surface area contributed by atoms with Crippen LogP contribution in [0.2, 0.25) is 0 Å². The number of carboxylic acids is 1. The lowest BCUT2D eigenvalue weighted by Gasteiger charge is -2.23. The molecule has 1 unspecified atom stereocenters. The lowest BCUT2D eigenvalue weighted by Crippen LogP contribution is -2.48. The summed E-state index contributed by atoms with van der Waals surface area (Å²) in [5.74, 6) is -1.61. The van der Waals surface area contributed by atoms with E-state index in [0.717, 1.165) is 6.42 Å². The summed E-state index contributed by atoms with van der Waals surface area (Å²) < 4.78 is 5.22. The van der Waals surface area contributed by atoms with Gasteiger partial charge in [0.15, 0.2) is 0 Å². The van der Waals surface area contributed by atoms with Gasteiger partial charge in [0.05, 0.1) is 12.1 Å². The number of carbonyl (C=O) groups excluding carboxylic acids is 1. The predicted octanol–water partition coefficient (Wildman–Crippen LogP) is 1.39. The number of hydrogen-bond donors (Lipinski definition) is 4.